The maximum Gasteiger partial charge on any atom is 0.129 e. The minimum Gasteiger partial charge on any atom is -0.330 e. The van der Waals surface area contributed by atoms with E-state index in [4.69, 9.17) is 5.73 Å². The van der Waals surface area contributed by atoms with E-state index < -0.39 is 0 Å². The normalized spacial score (nSPS) is 13.0. The van der Waals surface area contributed by atoms with E-state index in [2.05, 4.69) is 0 Å². The second-order valence-electron chi connectivity index (χ2n) is 3.56. The van der Waals surface area contributed by atoms with Crippen LogP contribution in [0.1, 0.15) is 29.5 Å². The zero-order valence-corrected chi connectivity index (χ0v) is 8.39. The topological polar surface area (TPSA) is 26.0 Å². The van der Waals surface area contributed by atoms with Crippen molar-refractivity contribution in [3.8, 4) is 0 Å². The van der Waals surface area contributed by atoms with Gasteiger partial charge in [-0.15, -0.1) is 0 Å². The lowest BCUT2D eigenvalue weighted by molar-refractivity contribution is 0.580. The van der Waals surface area contributed by atoms with E-state index in [9.17, 15) is 4.39 Å². The Hall–Kier alpha value is -0.890. The van der Waals surface area contributed by atoms with Crippen molar-refractivity contribution in [1.82, 2.24) is 0 Å². The first-order valence-electron chi connectivity index (χ1n) is 4.53. The third kappa shape index (κ3) is 1.89. The van der Waals surface area contributed by atoms with Gasteiger partial charge in [0, 0.05) is 0 Å². The summed E-state index contributed by atoms with van der Waals surface area (Å²) in [6.07, 6.45) is 0. The summed E-state index contributed by atoms with van der Waals surface area (Å²) in [4.78, 5) is 0. The molecule has 0 spiro atoms. The first-order chi connectivity index (χ1) is 6.07. The zero-order valence-electron chi connectivity index (χ0n) is 8.39. The summed E-state index contributed by atoms with van der Waals surface area (Å²) in [6.45, 7) is 6.14. The molecule has 0 aliphatic heterocycles. The van der Waals surface area contributed by atoms with Crippen molar-refractivity contribution >= 4 is 0 Å². The fraction of sp³-hybridized carbons (Fsp3) is 0.455. The lowest BCUT2D eigenvalue weighted by Gasteiger charge is -2.14. The van der Waals surface area contributed by atoms with Gasteiger partial charge in [0.05, 0.1) is 0 Å². The lowest BCUT2D eigenvalue weighted by atomic mass is 9.94. The van der Waals surface area contributed by atoms with E-state index in [1.807, 2.05) is 19.9 Å². The fourth-order valence-electron chi connectivity index (χ4n) is 1.52. The Morgan fingerprint density at radius 3 is 2.38 bits per heavy atom. The van der Waals surface area contributed by atoms with Gasteiger partial charge in [-0.25, -0.2) is 4.39 Å². The third-order valence-electron chi connectivity index (χ3n) is 2.44. The van der Waals surface area contributed by atoms with Crippen LogP contribution in [0.3, 0.4) is 0 Å². The highest BCUT2D eigenvalue weighted by atomic mass is 19.1. The summed E-state index contributed by atoms with van der Waals surface area (Å²) < 4.78 is 13.6. The first kappa shape index (κ1) is 10.2. The van der Waals surface area contributed by atoms with Crippen LogP contribution in [0, 0.1) is 19.7 Å². The summed E-state index contributed by atoms with van der Waals surface area (Å²) in [7, 11) is 0. The van der Waals surface area contributed by atoms with E-state index in [0.717, 1.165) is 11.1 Å². The van der Waals surface area contributed by atoms with Crippen LogP contribution in [0.15, 0.2) is 12.1 Å². The molecule has 72 valence electrons. The lowest BCUT2D eigenvalue weighted by Crippen LogP contribution is -2.12. The summed E-state index contributed by atoms with van der Waals surface area (Å²) in [6, 6.07) is 3.75. The average molecular weight is 181 g/mol. The Morgan fingerprint density at radius 1 is 1.31 bits per heavy atom. The van der Waals surface area contributed by atoms with Crippen molar-refractivity contribution in [2.24, 2.45) is 5.73 Å². The molecule has 0 radical (unpaired) electrons. The molecule has 1 nitrogen and oxygen atoms in total. The Labute approximate surface area is 78.8 Å². The number of hydrogen-bond donors (Lipinski definition) is 1. The molecule has 0 aromatic heterocycles. The van der Waals surface area contributed by atoms with Crippen LogP contribution in [0.25, 0.3) is 0 Å². The summed E-state index contributed by atoms with van der Waals surface area (Å²) in [5, 5.41) is 0. The molecule has 0 aliphatic rings. The van der Waals surface area contributed by atoms with E-state index in [1.165, 1.54) is 0 Å². The van der Waals surface area contributed by atoms with Gasteiger partial charge in [-0.05, 0) is 43.0 Å². The molecule has 1 aromatic carbocycles. The summed E-state index contributed by atoms with van der Waals surface area (Å²) in [5.41, 5.74) is 7.97. The van der Waals surface area contributed by atoms with E-state index in [1.54, 1.807) is 13.0 Å². The quantitative estimate of drug-likeness (QED) is 0.745. The molecular formula is C11H16FN. The SMILES string of the molecule is Cc1ccc(C)c(C(C)CN)c1F. The summed E-state index contributed by atoms with van der Waals surface area (Å²) >= 11 is 0. The molecule has 0 saturated carbocycles. The highest BCUT2D eigenvalue weighted by molar-refractivity contribution is 5.35. The highest BCUT2D eigenvalue weighted by Crippen LogP contribution is 2.24. The van der Waals surface area contributed by atoms with Crippen molar-refractivity contribution in [1.29, 1.82) is 0 Å². The van der Waals surface area contributed by atoms with Gasteiger partial charge in [0.15, 0.2) is 0 Å². The number of rotatable bonds is 2. The first-order valence-corrected chi connectivity index (χ1v) is 4.53. The van der Waals surface area contributed by atoms with Gasteiger partial charge in [-0.1, -0.05) is 19.1 Å². The molecular weight excluding hydrogens is 165 g/mol. The summed E-state index contributed by atoms with van der Waals surface area (Å²) in [5.74, 6) is -0.00199. The van der Waals surface area contributed by atoms with E-state index in [-0.39, 0.29) is 11.7 Å². The van der Waals surface area contributed by atoms with Gasteiger partial charge in [0.25, 0.3) is 0 Å². The van der Waals surface area contributed by atoms with Crippen LogP contribution in [0.2, 0.25) is 0 Å². The van der Waals surface area contributed by atoms with Crippen LogP contribution in [-0.2, 0) is 0 Å². The van der Waals surface area contributed by atoms with Crippen LogP contribution in [0.5, 0.6) is 0 Å². The van der Waals surface area contributed by atoms with Gasteiger partial charge in [-0.3, -0.25) is 0 Å². The van der Waals surface area contributed by atoms with Crippen LogP contribution in [-0.4, -0.2) is 6.54 Å². The van der Waals surface area contributed by atoms with Crippen molar-refractivity contribution in [2.75, 3.05) is 6.54 Å². The van der Waals surface area contributed by atoms with Gasteiger partial charge in [-0.2, -0.15) is 0 Å². The van der Waals surface area contributed by atoms with Crippen molar-refractivity contribution in [3.05, 3.63) is 34.6 Å². The molecule has 1 aromatic rings. The standard InChI is InChI=1S/C11H16FN/c1-7-4-5-8(2)11(12)10(7)9(3)6-13/h4-5,9H,6,13H2,1-3H3. The maximum atomic E-state index is 13.6. The number of nitrogens with two attached hydrogens (primary N) is 1. The van der Waals surface area contributed by atoms with Gasteiger partial charge < -0.3 is 5.73 Å². The minimum absolute atomic E-state index is 0.0971. The van der Waals surface area contributed by atoms with Crippen LogP contribution in [0.4, 0.5) is 4.39 Å². The number of halogens is 1. The molecule has 0 saturated heterocycles. The van der Waals surface area contributed by atoms with Crippen molar-refractivity contribution in [3.63, 3.8) is 0 Å². The second-order valence-corrected chi connectivity index (χ2v) is 3.56. The van der Waals surface area contributed by atoms with Gasteiger partial charge in [0.1, 0.15) is 5.82 Å². The Kier molecular flexibility index (Phi) is 3.04. The molecule has 0 bridgehead atoms. The number of aryl methyl sites for hydroxylation is 2. The largest absolute Gasteiger partial charge is 0.330 e. The zero-order chi connectivity index (χ0) is 10.0. The third-order valence-corrected chi connectivity index (χ3v) is 2.44. The fourth-order valence-corrected chi connectivity index (χ4v) is 1.52. The molecule has 13 heavy (non-hydrogen) atoms. The monoisotopic (exact) mass is 181 g/mol. The molecule has 1 rings (SSSR count). The van der Waals surface area contributed by atoms with E-state index >= 15 is 0 Å². The minimum atomic E-state index is -0.0991. The Morgan fingerprint density at radius 2 is 1.85 bits per heavy atom. The molecule has 0 amide bonds. The van der Waals surface area contributed by atoms with Gasteiger partial charge in [0.2, 0.25) is 0 Å². The molecule has 2 heteroatoms. The maximum absolute atomic E-state index is 13.6. The molecule has 2 N–H and O–H groups in total. The molecule has 0 fully saturated rings. The van der Waals surface area contributed by atoms with Crippen LogP contribution >= 0.6 is 0 Å². The van der Waals surface area contributed by atoms with Gasteiger partial charge >= 0.3 is 0 Å². The van der Waals surface area contributed by atoms with Crippen LogP contribution < -0.4 is 5.73 Å². The average Bonchev–Trinajstić information content (AvgIpc) is 2.12. The predicted octanol–water partition coefficient (Wildman–Crippen LogP) is 2.50. The predicted molar refractivity (Wildman–Crippen MR) is 53.3 cm³/mol. The van der Waals surface area contributed by atoms with Crippen molar-refractivity contribution in [2.45, 2.75) is 26.7 Å². The van der Waals surface area contributed by atoms with E-state index in [0.29, 0.717) is 12.1 Å². The number of hydrogen-bond acceptors (Lipinski definition) is 1. The second kappa shape index (κ2) is 3.88. The molecule has 1 unspecified atom stereocenters. The molecule has 0 heterocycles. The molecule has 0 aliphatic carbocycles. The van der Waals surface area contributed by atoms with Crippen molar-refractivity contribution < 1.29 is 4.39 Å². The highest BCUT2D eigenvalue weighted by Gasteiger charge is 2.13. The Bertz CT molecular complexity index is 307. The Balaban J connectivity index is 3.25. The molecule has 1 atom stereocenters. The number of benzene rings is 1. The smallest absolute Gasteiger partial charge is 0.129 e.